The zero-order valence-electron chi connectivity index (χ0n) is 18.2. The molecule has 0 aliphatic carbocycles. The van der Waals surface area contributed by atoms with Crippen LogP contribution in [0.4, 0.5) is 19.7 Å². The van der Waals surface area contributed by atoms with E-state index < -0.39 is 23.8 Å². The lowest BCUT2D eigenvalue weighted by Crippen LogP contribution is -2.49. The van der Waals surface area contributed by atoms with Crippen LogP contribution in [0, 0.1) is 5.82 Å². The second-order valence-electron chi connectivity index (χ2n) is 7.96. The van der Waals surface area contributed by atoms with Crippen LogP contribution >= 0.6 is 11.6 Å². The highest BCUT2D eigenvalue weighted by molar-refractivity contribution is 6.30. The normalized spacial score (nSPS) is 15.3. The average Bonchev–Trinajstić information content (AvgIpc) is 3.47. The first kappa shape index (κ1) is 23.5. The Kier molecular flexibility index (Phi) is 6.99. The number of halogens is 2. The number of benzene rings is 2. The van der Waals surface area contributed by atoms with Gasteiger partial charge >= 0.3 is 12.1 Å². The molecule has 0 saturated carbocycles. The van der Waals surface area contributed by atoms with Crippen molar-refractivity contribution < 1.29 is 18.8 Å². The fourth-order valence-corrected chi connectivity index (χ4v) is 4.20. The molecule has 1 atom stereocenters. The number of hydrogen-bond donors (Lipinski definition) is 4. The first-order chi connectivity index (χ1) is 16.3. The van der Waals surface area contributed by atoms with Crippen molar-refractivity contribution in [3.8, 4) is 0 Å². The molecule has 0 bridgehead atoms. The van der Waals surface area contributed by atoms with Gasteiger partial charge in [0.2, 0.25) is 5.91 Å². The summed E-state index contributed by atoms with van der Waals surface area (Å²) in [6.07, 6.45) is 2.13. The molecule has 1 aromatic heterocycles. The molecule has 3 aromatic rings. The lowest BCUT2D eigenvalue weighted by Gasteiger charge is -2.28. The molecule has 4 rings (SSSR count). The Morgan fingerprint density at radius 1 is 1.21 bits per heavy atom. The molecular formula is C23H24ClFN6O3. The van der Waals surface area contributed by atoms with Crippen molar-refractivity contribution in [3.05, 3.63) is 65.1 Å². The molecule has 9 nitrogen and oxygen atoms in total. The number of nitrogens with one attached hydrogen (secondary N) is 3. The summed E-state index contributed by atoms with van der Waals surface area (Å²) in [6, 6.07) is 10.2. The van der Waals surface area contributed by atoms with Gasteiger partial charge in [0.15, 0.2) is 0 Å². The Morgan fingerprint density at radius 2 is 2.00 bits per heavy atom. The number of nitrogens with zero attached hydrogens (tertiary/aromatic N) is 2. The Balaban J connectivity index is 1.50. The van der Waals surface area contributed by atoms with Crippen molar-refractivity contribution in [2.45, 2.75) is 19.0 Å². The van der Waals surface area contributed by atoms with Crippen LogP contribution in [-0.2, 0) is 11.3 Å². The first-order valence-corrected chi connectivity index (χ1v) is 11.1. The molecule has 5 N–H and O–H groups in total. The van der Waals surface area contributed by atoms with Crippen molar-refractivity contribution in [2.24, 2.45) is 5.73 Å². The lowest BCUT2D eigenvalue weighted by molar-refractivity contribution is -0.122. The highest BCUT2D eigenvalue weighted by Gasteiger charge is 2.29. The maximum Gasteiger partial charge on any atom is 0.323 e. The first-order valence-electron chi connectivity index (χ1n) is 10.7. The van der Waals surface area contributed by atoms with Crippen LogP contribution in [0.2, 0.25) is 5.02 Å². The highest BCUT2D eigenvalue weighted by Crippen LogP contribution is 2.26. The van der Waals surface area contributed by atoms with E-state index in [4.69, 9.17) is 17.3 Å². The maximum absolute atomic E-state index is 14.1. The van der Waals surface area contributed by atoms with E-state index in [2.05, 4.69) is 16.0 Å². The average molecular weight is 487 g/mol. The smallest absolute Gasteiger partial charge is 0.323 e. The van der Waals surface area contributed by atoms with Gasteiger partial charge < -0.3 is 26.6 Å². The second-order valence-corrected chi connectivity index (χ2v) is 8.37. The molecule has 1 saturated heterocycles. The summed E-state index contributed by atoms with van der Waals surface area (Å²) in [5, 5.41) is 9.24. The predicted molar refractivity (Wildman–Crippen MR) is 127 cm³/mol. The van der Waals surface area contributed by atoms with Crippen LogP contribution in [0.25, 0.3) is 10.9 Å². The second kappa shape index (κ2) is 10.1. The van der Waals surface area contributed by atoms with Crippen molar-refractivity contribution in [1.29, 1.82) is 0 Å². The van der Waals surface area contributed by atoms with Crippen LogP contribution in [-0.4, -0.2) is 53.1 Å². The molecule has 1 aliphatic heterocycles. The van der Waals surface area contributed by atoms with E-state index in [0.717, 1.165) is 0 Å². The molecule has 178 valence electrons. The van der Waals surface area contributed by atoms with Gasteiger partial charge in [-0.25, -0.2) is 14.0 Å². The van der Waals surface area contributed by atoms with E-state index in [1.54, 1.807) is 30.3 Å². The number of nitrogens with two attached hydrogens (primary N) is 1. The highest BCUT2D eigenvalue weighted by atomic mass is 35.5. The molecule has 0 spiro atoms. The third kappa shape index (κ3) is 4.97. The molecule has 1 aliphatic rings. The number of rotatable bonds is 6. The minimum Gasteiger partial charge on any atom is -0.351 e. The summed E-state index contributed by atoms with van der Waals surface area (Å²) in [5.41, 5.74) is 6.66. The molecule has 2 aromatic carbocycles. The SMILES string of the molecule is NC(=O)n1cc(NC(=O)N(CC(=O)NCc2cccc(Cl)c2F)C2CCNC2)c2ccccc21. The largest absolute Gasteiger partial charge is 0.351 e. The standard InChI is InChI=1S/C23H24ClFN6O3/c24-17-6-3-4-14(21(17)25)10-28-20(32)13-30(15-8-9-27-11-15)23(34)29-18-12-31(22(26)33)19-7-2-1-5-16(18)19/h1-7,12,15,27H,8-11,13H2,(H2,26,33)(H,28,32)(H,29,34). The fraction of sp³-hybridized carbons (Fsp3) is 0.261. The third-order valence-corrected chi connectivity index (χ3v) is 6.04. The molecule has 0 radical (unpaired) electrons. The number of urea groups is 1. The van der Waals surface area contributed by atoms with E-state index in [0.29, 0.717) is 36.1 Å². The van der Waals surface area contributed by atoms with Gasteiger partial charge in [-0.2, -0.15) is 0 Å². The molecule has 1 unspecified atom stereocenters. The quantitative estimate of drug-likeness (QED) is 0.428. The Morgan fingerprint density at radius 3 is 2.74 bits per heavy atom. The van der Waals surface area contributed by atoms with Crippen LogP contribution in [0.1, 0.15) is 12.0 Å². The number of carbonyl (C=O) groups excluding carboxylic acids is 3. The van der Waals surface area contributed by atoms with Gasteiger partial charge in [0.1, 0.15) is 12.4 Å². The number of amides is 4. The van der Waals surface area contributed by atoms with E-state index in [-0.39, 0.29) is 29.7 Å². The summed E-state index contributed by atoms with van der Waals surface area (Å²) < 4.78 is 15.4. The van der Waals surface area contributed by atoms with Crippen LogP contribution in [0.15, 0.2) is 48.7 Å². The predicted octanol–water partition coefficient (Wildman–Crippen LogP) is 2.87. The van der Waals surface area contributed by atoms with E-state index in [1.807, 2.05) is 0 Å². The fourth-order valence-electron chi connectivity index (χ4n) is 4.01. The number of para-hydroxylation sites is 1. The summed E-state index contributed by atoms with van der Waals surface area (Å²) in [5.74, 6) is -1.04. The number of aromatic nitrogens is 1. The van der Waals surface area contributed by atoms with Gasteiger partial charge in [0.05, 0.1) is 16.2 Å². The monoisotopic (exact) mass is 486 g/mol. The lowest BCUT2D eigenvalue weighted by atomic mass is 10.2. The number of hydrogen-bond acceptors (Lipinski definition) is 4. The minimum atomic E-state index is -0.679. The van der Waals surface area contributed by atoms with Gasteiger partial charge in [0, 0.05) is 36.3 Å². The topological polar surface area (TPSA) is 121 Å². The molecule has 34 heavy (non-hydrogen) atoms. The number of carbonyl (C=O) groups is 3. The Hall–Kier alpha value is -3.63. The van der Waals surface area contributed by atoms with Gasteiger partial charge in [-0.05, 0) is 25.1 Å². The summed E-state index contributed by atoms with van der Waals surface area (Å²) in [6.45, 7) is 0.960. The van der Waals surface area contributed by atoms with Gasteiger partial charge in [-0.1, -0.05) is 41.9 Å². The molecule has 1 fully saturated rings. The van der Waals surface area contributed by atoms with Crippen LogP contribution in [0.3, 0.4) is 0 Å². The summed E-state index contributed by atoms with van der Waals surface area (Å²) in [4.78, 5) is 39.1. The van der Waals surface area contributed by atoms with E-state index in [9.17, 15) is 18.8 Å². The van der Waals surface area contributed by atoms with Gasteiger partial charge in [-0.3, -0.25) is 9.36 Å². The third-order valence-electron chi connectivity index (χ3n) is 5.75. The molecule has 11 heteroatoms. The van der Waals surface area contributed by atoms with Crippen LogP contribution in [0.5, 0.6) is 0 Å². The number of primary amides is 1. The Labute approximate surface area is 200 Å². The zero-order valence-corrected chi connectivity index (χ0v) is 18.9. The minimum absolute atomic E-state index is 0.0279. The van der Waals surface area contributed by atoms with Gasteiger partial charge in [0.25, 0.3) is 0 Å². The zero-order chi connectivity index (χ0) is 24.2. The van der Waals surface area contributed by atoms with Crippen molar-refractivity contribution in [1.82, 2.24) is 20.1 Å². The van der Waals surface area contributed by atoms with Gasteiger partial charge in [-0.15, -0.1) is 0 Å². The maximum atomic E-state index is 14.1. The Bertz CT molecular complexity index is 1240. The molecular weight excluding hydrogens is 463 g/mol. The van der Waals surface area contributed by atoms with Crippen molar-refractivity contribution in [3.63, 3.8) is 0 Å². The van der Waals surface area contributed by atoms with Crippen molar-refractivity contribution in [2.75, 3.05) is 25.0 Å². The number of fused-ring (bicyclic) bond motifs is 1. The van der Waals surface area contributed by atoms with E-state index in [1.165, 1.54) is 27.8 Å². The molecule has 2 heterocycles. The van der Waals surface area contributed by atoms with E-state index >= 15 is 0 Å². The van der Waals surface area contributed by atoms with Crippen LogP contribution < -0.4 is 21.7 Å². The summed E-state index contributed by atoms with van der Waals surface area (Å²) >= 11 is 5.79. The van der Waals surface area contributed by atoms with Crippen molar-refractivity contribution >= 4 is 46.2 Å². The summed E-state index contributed by atoms with van der Waals surface area (Å²) in [7, 11) is 0. The number of anilines is 1. The molecule has 4 amide bonds.